The highest BCUT2D eigenvalue weighted by molar-refractivity contribution is 6.17. The molecule has 2 aromatic heterocycles. The van der Waals surface area contributed by atoms with Crippen LogP contribution in [0.4, 0.5) is 0 Å². The Morgan fingerprint density at radius 2 is 2.39 bits per heavy atom. The summed E-state index contributed by atoms with van der Waals surface area (Å²) in [5.74, 6) is 1.18. The molecule has 0 aliphatic heterocycles. The van der Waals surface area contributed by atoms with Crippen molar-refractivity contribution in [2.24, 2.45) is 0 Å². The smallest absolute Gasteiger partial charge is 0.242 e. The van der Waals surface area contributed by atoms with Crippen molar-refractivity contribution < 1.29 is 4.79 Å². The van der Waals surface area contributed by atoms with Crippen molar-refractivity contribution >= 4 is 28.7 Å². The van der Waals surface area contributed by atoms with Crippen molar-refractivity contribution in [2.75, 3.05) is 12.9 Å². The minimum absolute atomic E-state index is 0.0734. The minimum Gasteiger partial charge on any atom is -0.357 e. The fraction of sp³-hybridized carbons (Fsp3) is 0.417. The normalized spacial score (nSPS) is 12.6. The van der Waals surface area contributed by atoms with Gasteiger partial charge >= 0.3 is 0 Å². The van der Waals surface area contributed by atoms with Crippen LogP contribution >= 0.6 is 11.6 Å². The number of pyridine rings is 1. The fourth-order valence-corrected chi connectivity index (χ4v) is 2.14. The number of fused-ring (bicyclic) bond motifs is 1. The molecule has 2 aromatic rings. The summed E-state index contributed by atoms with van der Waals surface area (Å²) in [5, 5.41) is 2.64. The van der Waals surface area contributed by atoms with Gasteiger partial charge in [0.2, 0.25) is 5.91 Å². The Bertz CT molecular complexity index is 566. The Labute approximate surface area is 110 Å². The monoisotopic (exact) mass is 266 g/mol. The predicted molar refractivity (Wildman–Crippen MR) is 70.7 cm³/mol. The summed E-state index contributed by atoms with van der Waals surface area (Å²) in [4.78, 5) is 20.6. The molecule has 1 unspecified atom stereocenters. The molecule has 1 N–H and O–H groups in total. The molecule has 0 spiro atoms. The lowest BCUT2D eigenvalue weighted by Gasteiger charge is -2.15. The van der Waals surface area contributed by atoms with Crippen LogP contribution in [0, 0.1) is 0 Å². The summed E-state index contributed by atoms with van der Waals surface area (Å²) in [5.41, 5.74) is 1.50. The first-order valence-corrected chi connectivity index (χ1v) is 6.32. The average Bonchev–Trinajstić information content (AvgIpc) is 2.75. The van der Waals surface area contributed by atoms with Gasteiger partial charge in [-0.3, -0.25) is 4.79 Å². The zero-order valence-electron chi connectivity index (χ0n) is 10.4. The number of hydrogen-bond donors (Lipinski definition) is 1. The highest BCUT2D eigenvalue weighted by Crippen LogP contribution is 2.20. The number of imidazole rings is 1. The summed E-state index contributed by atoms with van der Waals surface area (Å²) in [6, 6.07) is 3.36. The van der Waals surface area contributed by atoms with Gasteiger partial charge in [-0.05, 0) is 19.1 Å². The molecule has 96 valence electrons. The number of rotatable bonds is 4. The summed E-state index contributed by atoms with van der Waals surface area (Å²) in [6.45, 7) is 1.83. The molecule has 0 saturated heterocycles. The number of hydrogen-bond acceptors (Lipinski definition) is 3. The number of nitrogens with one attached hydrogen (secondary N) is 1. The molecule has 0 aliphatic carbocycles. The van der Waals surface area contributed by atoms with E-state index < -0.39 is 0 Å². The molecule has 2 rings (SSSR count). The molecule has 0 fully saturated rings. The van der Waals surface area contributed by atoms with Crippen LogP contribution < -0.4 is 5.32 Å². The molecule has 0 bridgehead atoms. The van der Waals surface area contributed by atoms with E-state index in [1.807, 2.05) is 23.6 Å². The second kappa shape index (κ2) is 5.35. The highest BCUT2D eigenvalue weighted by Gasteiger charge is 2.20. The number of carbonyl (C=O) groups excluding carboxylic acids is 1. The summed E-state index contributed by atoms with van der Waals surface area (Å²) >= 11 is 5.78. The standard InChI is InChI=1S/C12H15ClN4O/c1-8(12(18)14-2)17-10(5-6-13)16-9-4-3-7-15-11(9)17/h3-4,7-8H,5-6H2,1-2H3,(H,14,18). The van der Waals surface area contributed by atoms with E-state index in [1.54, 1.807) is 13.2 Å². The highest BCUT2D eigenvalue weighted by atomic mass is 35.5. The van der Waals surface area contributed by atoms with Crippen molar-refractivity contribution in [2.45, 2.75) is 19.4 Å². The summed E-state index contributed by atoms with van der Waals surface area (Å²) in [7, 11) is 1.62. The van der Waals surface area contributed by atoms with Crippen molar-refractivity contribution in [1.29, 1.82) is 0 Å². The van der Waals surface area contributed by atoms with Crippen molar-refractivity contribution in [1.82, 2.24) is 19.9 Å². The quantitative estimate of drug-likeness (QED) is 0.854. The lowest BCUT2D eigenvalue weighted by molar-refractivity contribution is -0.123. The summed E-state index contributed by atoms with van der Waals surface area (Å²) in [6.07, 6.45) is 2.31. The van der Waals surface area contributed by atoms with E-state index in [-0.39, 0.29) is 11.9 Å². The van der Waals surface area contributed by atoms with Crippen molar-refractivity contribution in [3.05, 3.63) is 24.2 Å². The van der Waals surface area contributed by atoms with Gasteiger partial charge in [0.05, 0.1) is 0 Å². The maximum Gasteiger partial charge on any atom is 0.242 e. The zero-order valence-corrected chi connectivity index (χ0v) is 11.1. The Morgan fingerprint density at radius 3 is 3.06 bits per heavy atom. The summed E-state index contributed by atoms with van der Waals surface area (Å²) < 4.78 is 1.84. The van der Waals surface area contributed by atoms with Gasteiger partial charge in [-0.15, -0.1) is 11.6 Å². The van der Waals surface area contributed by atoms with Crippen LogP contribution in [0.15, 0.2) is 18.3 Å². The first kappa shape index (κ1) is 12.8. The first-order valence-electron chi connectivity index (χ1n) is 5.78. The van der Waals surface area contributed by atoms with Crippen molar-refractivity contribution in [3.63, 3.8) is 0 Å². The molecular weight excluding hydrogens is 252 g/mol. The minimum atomic E-state index is -0.354. The molecule has 0 aliphatic rings. The van der Waals surface area contributed by atoms with E-state index in [9.17, 15) is 4.79 Å². The molecule has 0 aromatic carbocycles. The molecule has 18 heavy (non-hydrogen) atoms. The molecule has 6 heteroatoms. The number of alkyl halides is 1. The van der Waals surface area contributed by atoms with Crippen LogP contribution in [-0.2, 0) is 11.2 Å². The lowest BCUT2D eigenvalue weighted by atomic mass is 10.3. The van der Waals surface area contributed by atoms with Crippen LogP contribution in [0.2, 0.25) is 0 Å². The van der Waals surface area contributed by atoms with Gasteiger partial charge < -0.3 is 9.88 Å². The molecule has 1 atom stereocenters. The predicted octanol–water partition coefficient (Wildman–Crippen LogP) is 1.52. The van der Waals surface area contributed by atoms with Gasteiger partial charge in [-0.25, -0.2) is 9.97 Å². The van der Waals surface area contributed by atoms with Crippen LogP contribution in [0.1, 0.15) is 18.8 Å². The third kappa shape index (κ3) is 2.18. The number of aromatic nitrogens is 3. The van der Waals surface area contributed by atoms with Crippen LogP contribution in [0.5, 0.6) is 0 Å². The van der Waals surface area contributed by atoms with Crippen LogP contribution in [0.3, 0.4) is 0 Å². The van der Waals surface area contributed by atoms with Gasteiger partial charge in [0, 0.05) is 25.5 Å². The third-order valence-electron chi connectivity index (χ3n) is 2.85. The number of nitrogens with zero attached hydrogens (tertiary/aromatic N) is 3. The molecule has 2 heterocycles. The Morgan fingerprint density at radius 1 is 1.61 bits per heavy atom. The Kier molecular flexibility index (Phi) is 3.81. The second-order valence-corrected chi connectivity index (χ2v) is 4.35. The molecule has 1 amide bonds. The number of likely N-dealkylation sites (N-methyl/N-ethyl adjacent to an activating group) is 1. The van der Waals surface area contributed by atoms with E-state index in [2.05, 4.69) is 15.3 Å². The Balaban J connectivity index is 2.57. The van der Waals surface area contributed by atoms with Crippen LogP contribution in [0.25, 0.3) is 11.2 Å². The maximum absolute atomic E-state index is 11.8. The molecule has 0 radical (unpaired) electrons. The van der Waals surface area contributed by atoms with Crippen molar-refractivity contribution in [3.8, 4) is 0 Å². The van der Waals surface area contributed by atoms with Gasteiger partial charge in [0.15, 0.2) is 5.65 Å². The van der Waals surface area contributed by atoms with E-state index in [1.165, 1.54) is 0 Å². The third-order valence-corrected chi connectivity index (χ3v) is 3.04. The molecule has 5 nitrogen and oxygen atoms in total. The second-order valence-electron chi connectivity index (χ2n) is 3.97. The number of amides is 1. The SMILES string of the molecule is CNC(=O)C(C)n1c(CCCl)nc2cccnc21. The first-order chi connectivity index (χ1) is 8.69. The van der Waals surface area contributed by atoms with E-state index in [0.29, 0.717) is 17.9 Å². The number of aryl methyl sites for hydroxylation is 1. The number of carbonyl (C=O) groups is 1. The van der Waals surface area contributed by atoms with Gasteiger partial charge in [0.25, 0.3) is 0 Å². The zero-order chi connectivity index (χ0) is 13.1. The molecule has 0 saturated carbocycles. The van der Waals surface area contributed by atoms with Gasteiger partial charge in [0.1, 0.15) is 17.4 Å². The number of halogens is 1. The van der Waals surface area contributed by atoms with E-state index in [0.717, 1.165) is 11.3 Å². The average molecular weight is 267 g/mol. The van der Waals surface area contributed by atoms with E-state index in [4.69, 9.17) is 11.6 Å². The van der Waals surface area contributed by atoms with Crippen LogP contribution in [-0.4, -0.2) is 33.4 Å². The fourth-order valence-electron chi connectivity index (χ4n) is 1.97. The molecular formula is C12H15ClN4O. The Hall–Kier alpha value is -1.62. The lowest BCUT2D eigenvalue weighted by Crippen LogP contribution is -2.29. The largest absolute Gasteiger partial charge is 0.357 e. The topological polar surface area (TPSA) is 59.8 Å². The van der Waals surface area contributed by atoms with Gasteiger partial charge in [-0.1, -0.05) is 0 Å². The van der Waals surface area contributed by atoms with E-state index >= 15 is 0 Å². The van der Waals surface area contributed by atoms with Gasteiger partial charge in [-0.2, -0.15) is 0 Å². The maximum atomic E-state index is 11.8.